The van der Waals surface area contributed by atoms with E-state index in [1.807, 2.05) is 0 Å². The Hall–Kier alpha value is 0.223. The molecule has 0 aliphatic carbocycles. The molecular weight excluding hydrogens is 287 g/mol. The largest absolute Gasteiger partial charge is 0.331 e. The summed E-state index contributed by atoms with van der Waals surface area (Å²) in [5.41, 5.74) is 0. The first-order chi connectivity index (χ1) is 6.69. The average Bonchev–Trinajstić information content (AvgIpc) is 2.27. The molecule has 0 N–H and O–H groups in total. The molecule has 2 unspecified atom stereocenters. The monoisotopic (exact) mass is 298 g/mol. The first-order valence-corrected chi connectivity index (χ1v) is 6.59. The van der Waals surface area contributed by atoms with E-state index < -0.39 is 16.1 Å². The first kappa shape index (κ1) is 15.2. The zero-order valence-electron chi connectivity index (χ0n) is 8.65. The summed E-state index contributed by atoms with van der Waals surface area (Å²) < 4.78 is 31.9. The van der Waals surface area contributed by atoms with E-state index in [-0.39, 0.29) is 19.5 Å². The maximum atomic E-state index is 11.2. The molecule has 0 fully saturated rings. The molecule has 0 radical (unpaired) electrons. The summed E-state index contributed by atoms with van der Waals surface area (Å²) in [6, 6.07) is 6.56. The zero-order chi connectivity index (χ0) is 10.6. The van der Waals surface area contributed by atoms with Gasteiger partial charge in [-0.2, -0.15) is 0 Å². The van der Waals surface area contributed by atoms with Crippen LogP contribution in [0.4, 0.5) is 0 Å². The van der Waals surface area contributed by atoms with Crippen molar-refractivity contribution in [3.05, 3.63) is 24.3 Å². The van der Waals surface area contributed by atoms with Crippen molar-refractivity contribution in [3.8, 4) is 0 Å². The van der Waals surface area contributed by atoms with Crippen molar-refractivity contribution in [2.75, 3.05) is 14.2 Å². The predicted molar refractivity (Wildman–Crippen MR) is 57.7 cm³/mol. The van der Waals surface area contributed by atoms with Gasteiger partial charge in [0.05, 0.1) is 0 Å². The topological polar surface area (TPSA) is 52.6 Å². The van der Waals surface area contributed by atoms with E-state index in [4.69, 9.17) is 9.05 Å². The number of rotatable bonds is 4. The smallest absolute Gasteiger partial charge is 0.220 e. The minimum atomic E-state index is -2.14. The van der Waals surface area contributed by atoms with E-state index in [1.54, 1.807) is 24.3 Å². The van der Waals surface area contributed by atoms with Gasteiger partial charge in [0.2, 0.25) is 16.1 Å². The molecule has 0 aromatic heterocycles. The Morgan fingerprint density at radius 2 is 1.13 bits per heavy atom. The fourth-order valence-electron chi connectivity index (χ4n) is 0.978. The Morgan fingerprint density at radius 3 is 1.33 bits per heavy atom. The zero-order valence-corrected chi connectivity index (χ0v) is 13.6. The van der Waals surface area contributed by atoms with Crippen molar-refractivity contribution in [3.63, 3.8) is 0 Å². The van der Waals surface area contributed by atoms with Gasteiger partial charge in [-0.25, -0.2) is 0 Å². The molecule has 0 spiro atoms. The van der Waals surface area contributed by atoms with Crippen molar-refractivity contribution < 1.29 is 37.7 Å². The molecule has 1 aromatic rings. The molecule has 15 heavy (non-hydrogen) atoms. The molecule has 0 bridgehead atoms. The van der Waals surface area contributed by atoms with Crippen molar-refractivity contribution in [2.24, 2.45) is 0 Å². The summed E-state index contributed by atoms with van der Waals surface area (Å²) in [4.78, 5) is 0. The Kier molecular flexibility index (Phi) is 7.60. The quantitative estimate of drug-likeness (QED) is 0.619. The van der Waals surface area contributed by atoms with Crippen LogP contribution < -0.4 is 10.6 Å². The van der Waals surface area contributed by atoms with Crippen LogP contribution in [0.3, 0.4) is 0 Å². The molecule has 80 valence electrons. The van der Waals surface area contributed by atoms with Crippen LogP contribution in [-0.4, -0.2) is 14.2 Å². The Morgan fingerprint density at radius 1 is 0.867 bits per heavy atom. The van der Waals surface area contributed by atoms with Gasteiger partial charge in [-0.15, -0.1) is 0 Å². The Balaban J connectivity index is 0.00000196. The van der Waals surface area contributed by atoms with Gasteiger partial charge >= 0.3 is 0 Å². The molecule has 0 saturated heterocycles. The first-order valence-electron chi connectivity index (χ1n) is 3.95. The average molecular weight is 300 g/mol. The molecule has 0 saturated carbocycles. The second-order valence-corrected chi connectivity index (χ2v) is 5.68. The standard InChI is InChI=1S/C8H12O4P2.Zn/c1-11-13(9)7-3-5-8(6-4-7)14(10)12-2;/h3-6,13-14H,1-2H3;. The summed E-state index contributed by atoms with van der Waals surface area (Å²) in [7, 11) is -1.48. The summed E-state index contributed by atoms with van der Waals surface area (Å²) in [5.74, 6) is 0. The SMILES string of the molecule is CO[PH](=O)c1ccc([PH](=O)OC)cc1.[Zn]. The van der Waals surface area contributed by atoms with Crippen molar-refractivity contribution in [1.82, 2.24) is 0 Å². The molecule has 1 aromatic carbocycles. The van der Waals surface area contributed by atoms with Crippen LogP contribution in [-0.2, 0) is 37.7 Å². The van der Waals surface area contributed by atoms with Crippen LogP contribution in [0.1, 0.15) is 0 Å². The van der Waals surface area contributed by atoms with Gasteiger partial charge in [0.1, 0.15) is 0 Å². The summed E-state index contributed by atoms with van der Waals surface area (Å²) in [5, 5.41) is 1.24. The van der Waals surface area contributed by atoms with E-state index in [9.17, 15) is 9.13 Å². The molecular formula is C8H12O4P2Zn. The van der Waals surface area contributed by atoms with Gasteiger partial charge in [-0.3, -0.25) is 9.13 Å². The second kappa shape index (κ2) is 7.49. The fourth-order valence-corrected chi connectivity index (χ4v) is 2.33. The van der Waals surface area contributed by atoms with E-state index in [0.717, 1.165) is 0 Å². The molecule has 0 heterocycles. The molecule has 0 amide bonds. The molecule has 1 rings (SSSR count). The van der Waals surface area contributed by atoms with E-state index in [1.165, 1.54) is 14.2 Å². The normalized spacial score (nSPS) is 14.0. The van der Waals surface area contributed by atoms with E-state index >= 15 is 0 Å². The number of hydrogen-bond acceptors (Lipinski definition) is 4. The number of benzene rings is 1. The Bertz CT molecular complexity index is 317. The minimum absolute atomic E-state index is 0. The van der Waals surface area contributed by atoms with Gasteiger partial charge < -0.3 is 9.05 Å². The maximum Gasteiger partial charge on any atom is 0.220 e. The Labute approximate surface area is 103 Å². The van der Waals surface area contributed by atoms with Crippen molar-refractivity contribution in [1.29, 1.82) is 0 Å². The van der Waals surface area contributed by atoms with Crippen LogP contribution in [0.15, 0.2) is 24.3 Å². The molecule has 2 atom stereocenters. The van der Waals surface area contributed by atoms with Gasteiger partial charge in [0, 0.05) is 44.3 Å². The molecule has 0 aliphatic rings. The fraction of sp³-hybridized carbons (Fsp3) is 0.250. The van der Waals surface area contributed by atoms with Crippen LogP contribution in [0.25, 0.3) is 0 Å². The van der Waals surface area contributed by atoms with Crippen LogP contribution in [0.2, 0.25) is 0 Å². The van der Waals surface area contributed by atoms with E-state index in [0.29, 0.717) is 10.6 Å². The summed E-state index contributed by atoms with van der Waals surface area (Å²) in [6.07, 6.45) is 0. The van der Waals surface area contributed by atoms with Gasteiger partial charge in [-0.05, 0) is 24.3 Å². The third kappa shape index (κ3) is 4.30. The van der Waals surface area contributed by atoms with Gasteiger partial charge in [0.25, 0.3) is 0 Å². The second-order valence-electron chi connectivity index (χ2n) is 2.56. The van der Waals surface area contributed by atoms with Crippen LogP contribution in [0.5, 0.6) is 0 Å². The van der Waals surface area contributed by atoms with Gasteiger partial charge in [-0.1, -0.05) is 0 Å². The van der Waals surface area contributed by atoms with Crippen molar-refractivity contribution >= 4 is 26.7 Å². The summed E-state index contributed by atoms with van der Waals surface area (Å²) in [6.45, 7) is 0. The third-order valence-corrected chi connectivity index (χ3v) is 4.08. The van der Waals surface area contributed by atoms with Crippen molar-refractivity contribution in [2.45, 2.75) is 0 Å². The predicted octanol–water partition coefficient (Wildman–Crippen LogP) is 1.18. The van der Waals surface area contributed by atoms with Gasteiger partial charge in [0.15, 0.2) is 0 Å². The molecule has 0 aliphatic heterocycles. The molecule has 4 nitrogen and oxygen atoms in total. The summed E-state index contributed by atoms with van der Waals surface area (Å²) >= 11 is 0. The van der Waals surface area contributed by atoms with E-state index in [2.05, 4.69) is 0 Å². The van der Waals surface area contributed by atoms with Crippen LogP contribution in [0, 0.1) is 0 Å². The molecule has 7 heteroatoms. The maximum absolute atomic E-state index is 11.2. The number of hydrogen-bond donors (Lipinski definition) is 0. The van der Waals surface area contributed by atoms with Crippen LogP contribution >= 0.6 is 16.1 Å². The third-order valence-electron chi connectivity index (χ3n) is 1.73. The minimum Gasteiger partial charge on any atom is -0.331 e.